The van der Waals surface area contributed by atoms with E-state index in [4.69, 9.17) is 9.26 Å². The van der Waals surface area contributed by atoms with Gasteiger partial charge in [0, 0.05) is 11.1 Å². The van der Waals surface area contributed by atoms with Crippen molar-refractivity contribution in [2.45, 2.75) is 46.0 Å². The molecular weight excluding hydrogens is 304 g/mol. The third kappa shape index (κ3) is 3.78. The third-order valence-corrected chi connectivity index (χ3v) is 4.41. The Morgan fingerprint density at radius 3 is 2.92 bits per heavy atom. The zero-order valence-electron chi connectivity index (χ0n) is 14.3. The van der Waals surface area contributed by atoms with Crippen LogP contribution in [0.5, 0.6) is 5.75 Å². The Morgan fingerprint density at radius 1 is 1.38 bits per heavy atom. The van der Waals surface area contributed by atoms with Gasteiger partial charge in [-0.2, -0.15) is 0 Å². The van der Waals surface area contributed by atoms with E-state index in [2.05, 4.69) is 24.3 Å². The minimum atomic E-state index is -0.188. The fraction of sp³-hybridized carbons (Fsp3) is 0.474. The van der Waals surface area contributed by atoms with E-state index >= 15 is 0 Å². The fourth-order valence-electron chi connectivity index (χ4n) is 2.89. The van der Waals surface area contributed by atoms with Gasteiger partial charge in [0.2, 0.25) is 5.88 Å². The molecule has 1 heterocycles. The van der Waals surface area contributed by atoms with Crippen molar-refractivity contribution in [3.8, 4) is 5.75 Å². The van der Waals surface area contributed by atoms with Crippen molar-refractivity contribution >= 4 is 11.8 Å². The zero-order chi connectivity index (χ0) is 16.9. The summed E-state index contributed by atoms with van der Waals surface area (Å²) in [7, 11) is 0. The molecule has 0 spiro atoms. The molecule has 128 valence electrons. The van der Waals surface area contributed by atoms with Gasteiger partial charge in [-0.15, -0.1) is 0 Å². The SMILES string of the molecule is CCCCOc1ccc(C(=O)Nc2onc3c2CC(C)CC3)cc1. The average Bonchev–Trinajstić information content (AvgIpc) is 2.98. The first-order valence-corrected chi connectivity index (χ1v) is 8.69. The molecule has 1 aromatic carbocycles. The quantitative estimate of drug-likeness (QED) is 0.806. The lowest BCUT2D eigenvalue weighted by atomic mass is 9.89. The standard InChI is InChI=1S/C19H24N2O3/c1-3-4-11-23-15-8-6-14(7-9-15)18(22)20-19-16-12-13(2)5-10-17(16)21-24-19/h6-9,13H,3-5,10-12H2,1-2H3,(H,20,22). The Labute approximate surface area is 142 Å². The fourth-order valence-corrected chi connectivity index (χ4v) is 2.89. The maximum Gasteiger partial charge on any atom is 0.258 e. The van der Waals surface area contributed by atoms with E-state index in [0.717, 1.165) is 49.1 Å². The van der Waals surface area contributed by atoms with Gasteiger partial charge in [0.1, 0.15) is 5.75 Å². The molecular formula is C19H24N2O3. The highest BCUT2D eigenvalue weighted by Gasteiger charge is 2.24. The molecule has 1 unspecified atom stereocenters. The summed E-state index contributed by atoms with van der Waals surface area (Å²) in [4.78, 5) is 12.4. The molecule has 5 nitrogen and oxygen atoms in total. The second-order valence-corrected chi connectivity index (χ2v) is 6.47. The van der Waals surface area contributed by atoms with Crippen molar-refractivity contribution in [2.24, 2.45) is 5.92 Å². The van der Waals surface area contributed by atoms with Gasteiger partial charge in [-0.3, -0.25) is 10.1 Å². The smallest absolute Gasteiger partial charge is 0.258 e. The van der Waals surface area contributed by atoms with Crippen LogP contribution in [0.15, 0.2) is 28.8 Å². The number of ether oxygens (including phenoxy) is 1. The highest BCUT2D eigenvalue weighted by Crippen LogP contribution is 2.30. The predicted octanol–water partition coefficient (Wildman–Crippen LogP) is 4.23. The summed E-state index contributed by atoms with van der Waals surface area (Å²) in [5.41, 5.74) is 2.59. The molecule has 1 aliphatic rings. The average molecular weight is 328 g/mol. The number of unbranched alkanes of at least 4 members (excludes halogenated alkanes) is 1. The van der Waals surface area contributed by atoms with Crippen LogP contribution in [0, 0.1) is 5.92 Å². The first kappa shape index (κ1) is 16.6. The molecule has 1 N–H and O–H groups in total. The second-order valence-electron chi connectivity index (χ2n) is 6.47. The minimum Gasteiger partial charge on any atom is -0.494 e. The van der Waals surface area contributed by atoms with E-state index in [0.29, 0.717) is 24.0 Å². The molecule has 0 bridgehead atoms. The Balaban J connectivity index is 1.64. The number of benzene rings is 1. The van der Waals surface area contributed by atoms with Crippen LogP contribution < -0.4 is 10.1 Å². The van der Waals surface area contributed by atoms with Crippen LogP contribution >= 0.6 is 0 Å². The van der Waals surface area contributed by atoms with Crippen LogP contribution in [0.2, 0.25) is 0 Å². The van der Waals surface area contributed by atoms with E-state index in [9.17, 15) is 4.79 Å². The summed E-state index contributed by atoms with van der Waals surface area (Å²) >= 11 is 0. The van der Waals surface area contributed by atoms with Crippen molar-refractivity contribution in [2.75, 3.05) is 11.9 Å². The van der Waals surface area contributed by atoms with Gasteiger partial charge in [-0.05, 0) is 55.9 Å². The van der Waals surface area contributed by atoms with Crippen molar-refractivity contribution in [3.63, 3.8) is 0 Å². The number of fused-ring (bicyclic) bond motifs is 1. The Kier molecular flexibility index (Phi) is 5.18. The molecule has 0 radical (unpaired) electrons. The van der Waals surface area contributed by atoms with Gasteiger partial charge < -0.3 is 9.26 Å². The number of nitrogens with one attached hydrogen (secondary N) is 1. The van der Waals surface area contributed by atoms with Gasteiger partial charge >= 0.3 is 0 Å². The minimum absolute atomic E-state index is 0.188. The van der Waals surface area contributed by atoms with Gasteiger partial charge in [0.05, 0.1) is 12.3 Å². The summed E-state index contributed by atoms with van der Waals surface area (Å²) in [5, 5.41) is 6.93. The molecule has 1 amide bonds. The number of hydrogen-bond acceptors (Lipinski definition) is 4. The monoisotopic (exact) mass is 328 g/mol. The molecule has 1 aromatic heterocycles. The molecule has 0 saturated carbocycles. The predicted molar refractivity (Wildman–Crippen MR) is 92.5 cm³/mol. The molecule has 0 saturated heterocycles. The summed E-state index contributed by atoms with van der Waals surface area (Å²) in [6.07, 6.45) is 5.06. The van der Waals surface area contributed by atoms with Crippen LogP contribution in [0.4, 0.5) is 5.88 Å². The highest BCUT2D eigenvalue weighted by molar-refractivity contribution is 6.04. The lowest BCUT2D eigenvalue weighted by molar-refractivity contribution is 0.102. The number of amides is 1. The van der Waals surface area contributed by atoms with Crippen LogP contribution in [-0.4, -0.2) is 17.7 Å². The van der Waals surface area contributed by atoms with Crippen LogP contribution in [0.1, 0.15) is 54.7 Å². The maximum atomic E-state index is 12.4. The lowest BCUT2D eigenvalue weighted by Crippen LogP contribution is -2.15. The largest absolute Gasteiger partial charge is 0.494 e. The van der Waals surface area contributed by atoms with Crippen molar-refractivity contribution < 1.29 is 14.1 Å². The number of hydrogen-bond donors (Lipinski definition) is 1. The normalized spacial score (nSPS) is 16.5. The number of aryl methyl sites for hydroxylation is 1. The molecule has 1 atom stereocenters. The van der Waals surface area contributed by atoms with E-state index < -0.39 is 0 Å². The summed E-state index contributed by atoms with van der Waals surface area (Å²) < 4.78 is 11.0. The Bertz CT molecular complexity index is 691. The molecule has 3 rings (SSSR count). The van der Waals surface area contributed by atoms with E-state index in [1.807, 2.05) is 12.1 Å². The number of aromatic nitrogens is 1. The first-order valence-electron chi connectivity index (χ1n) is 8.69. The van der Waals surface area contributed by atoms with E-state index in [1.165, 1.54) is 0 Å². The maximum absolute atomic E-state index is 12.4. The van der Waals surface area contributed by atoms with Crippen molar-refractivity contribution in [1.82, 2.24) is 5.16 Å². The van der Waals surface area contributed by atoms with Gasteiger partial charge in [-0.25, -0.2) is 0 Å². The van der Waals surface area contributed by atoms with Crippen molar-refractivity contribution in [3.05, 3.63) is 41.1 Å². The number of rotatable bonds is 6. The van der Waals surface area contributed by atoms with Gasteiger partial charge in [-0.1, -0.05) is 25.4 Å². The van der Waals surface area contributed by atoms with Gasteiger partial charge in [0.25, 0.3) is 5.91 Å². The number of carbonyl (C=O) groups excluding carboxylic acids is 1. The van der Waals surface area contributed by atoms with E-state index in [1.54, 1.807) is 12.1 Å². The number of nitrogens with zero attached hydrogens (tertiary/aromatic N) is 1. The summed E-state index contributed by atoms with van der Waals surface area (Å²) in [6.45, 7) is 5.03. The lowest BCUT2D eigenvalue weighted by Gasteiger charge is -2.16. The second kappa shape index (κ2) is 7.51. The first-order chi connectivity index (χ1) is 11.7. The molecule has 2 aromatic rings. The van der Waals surface area contributed by atoms with Crippen LogP contribution in [0.25, 0.3) is 0 Å². The molecule has 5 heteroatoms. The third-order valence-electron chi connectivity index (χ3n) is 4.41. The van der Waals surface area contributed by atoms with Crippen molar-refractivity contribution in [1.29, 1.82) is 0 Å². The Hall–Kier alpha value is -2.30. The summed E-state index contributed by atoms with van der Waals surface area (Å²) in [6, 6.07) is 7.18. The highest BCUT2D eigenvalue weighted by atomic mass is 16.5. The van der Waals surface area contributed by atoms with Gasteiger partial charge in [0.15, 0.2) is 0 Å². The molecule has 24 heavy (non-hydrogen) atoms. The Morgan fingerprint density at radius 2 is 2.17 bits per heavy atom. The van der Waals surface area contributed by atoms with E-state index in [-0.39, 0.29) is 5.91 Å². The summed E-state index contributed by atoms with van der Waals surface area (Å²) in [5.74, 6) is 1.68. The zero-order valence-corrected chi connectivity index (χ0v) is 14.3. The molecule has 0 aliphatic heterocycles. The van der Waals surface area contributed by atoms with Crippen LogP contribution in [-0.2, 0) is 12.8 Å². The number of carbonyl (C=O) groups is 1. The topological polar surface area (TPSA) is 64.4 Å². The molecule has 1 aliphatic carbocycles. The number of anilines is 1. The van der Waals surface area contributed by atoms with Crippen LogP contribution in [0.3, 0.4) is 0 Å². The molecule has 0 fully saturated rings.